The Hall–Kier alpha value is -3.45. The summed E-state index contributed by atoms with van der Waals surface area (Å²) in [7, 11) is 0. The maximum atomic E-state index is 13.7. The van der Waals surface area contributed by atoms with Crippen molar-refractivity contribution in [1.29, 1.82) is 0 Å². The normalized spacial score (nSPS) is 26.3. The second kappa shape index (κ2) is 13.5. The molecule has 12 nitrogen and oxygen atoms in total. The number of carbonyl (C=O) groups excluding carboxylic acids is 2. The molecule has 7 rings (SSSR count). The smallest absolute Gasteiger partial charge is 0.323 e. The minimum Gasteiger partial charge on any atom is -0.484 e. The summed E-state index contributed by atoms with van der Waals surface area (Å²) in [5.41, 5.74) is -1.41. The molecule has 1 aromatic carbocycles. The van der Waals surface area contributed by atoms with E-state index in [9.17, 15) is 19.1 Å². The van der Waals surface area contributed by atoms with Crippen LogP contribution in [0.5, 0.6) is 11.8 Å². The maximum Gasteiger partial charge on any atom is 0.323 e. The van der Waals surface area contributed by atoms with Gasteiger partial charge in [-0.05, 0) is 82.8 Å². The summed E-state index contributed by atoms with van der Waals surface area (Å²) in [6.07, 6.45) is 8.28. The van der Waals surface area contributed by atoms with Crippen molar-refractivity contribution in [2.45, 2.75) is 87.8 Å². The van der Waals surface area contributed by atoms with Gasteiger partial charge >= 0.3 is 6.01 Å². The van der Waals surface area contributed by atoms with Crippen molar-refractivity contribution >= 4 is 35.3 Å². The molecular weight excluding hydrogens is 605 g/mol. The first kappa shape index (κ1) is 31.5. The third-order valence-corrected chi connectivity index (χ3v) is 9.88. The molecule has 45 heavy (non-hydrogen) atoms. The van der Waals surface area contributed by atoms with Crippen LogP contribution in [0.15, 0.2) is 18.2 Å². The van der Waals surface area contributed by atoms with Gasteiger partial charge in [0.1, 0.15) is 11.6 Å². The van der Waals surface area contributed by atoms with Crippen LogP contribution in [0, 0.1) is 5.82 Å². The second-order valence-corrected chi connectivity index (χ2v) is 13.1. The molecule has 3 heterocycles. The fraction of sp³-hybridized carbons (Fsp3) is 0.645. The molecule has 1 aromatic heterocycles. The van der Waals surface area contributed by atoms with Crippen LogP contribution >= 0.6 is 11.6 Å². The molecule has 244 valence electrons. The van der Waals surface area contributed by atoms with Gasteiger partial charge in [0.05, 0.1) is 16.7 Å². The highest BCUT2D eigenvalue weighted by atomic mass is 35.5. The van der Waals surface area contributed by atoms with E-state index >= 15 is 0 Å². The fourth-order valence-electron chi connectivity index (χ4n) is 7.02. The lowest BCUT2D eigenvalue weighted by molar-refractivity contribution is -0.137. The van der Waals surface area contributed by atoms with E-state index in [4.69, 9.17) is 26.1 Å². The van der Waals surface area contributed by atoms with Gasteiger partial charge in [0.25, 0.3) is 11.8 Å². The molecule has 5 fully saturated rings. The SMILES string of the molecule is O=C(COc1ccc(Cl)c(F)c1)NC12CCC(NC(=O)COc3nc(N4CCCCC4)nc(N4CCCCC4)n3)(CC1)[C@H](O)C2. The molecule has 5 aliphatic rings. The molecular formula is C31H41ClFN7O5. The summed E-state index contributed by atoms with van der Waals surface area (Å²) in [5.74, 6) is 0.00245. The zero-order valence-corrected chi connectivity index (χ0v) is 26.2. The number of nitrogens with zero attached hydrogens (tertiary/aromatic N) is 5. The summed E-state index contributed by atoms with van der Waals surface area (Å²) in [5, 5.41) is 17.2. The number of halogens is 2. The van der Waals surface area contributed by atoms with Crippen molar-refractivity contribution < 1.29 is 28.6 Å². The van der Waals surface area contributed by atoms with E-state index < -0.39 is 23.0 Å². The summed E-state index contributed by atoms with van der Waals surface area (Å²) >= 11 is 5.70. The first-order chi connectivity index (χ1) is 21.7. The van der Waals surface area contributed by atoms with Crippen molar-refractivity contribution in [3.05, 3.63) is 29.0 Å². The number of aliphatic hydroxyl groups excluding tert-OH is 1. The van der Waals surface area contributed by atoms with Crippen LogP contribution in [0.3, 0.4) is 0 Å². The van der Waals surface area contributed by atoms with Crippen molar-refractivity contribution in [2.24, 2.45) is 0 Å². The number of benzene rings is 1. The number of aromatic nitrogens is 3. The molecule has 14 heteroatoms. The highest BCUT2D eigenvalue weighted by Gasteiger charge is 2.55. The number of aliphatic hydroxyl groups is 1. The Labute approximate surface area is 267 Å². The number of piperidine rings is 2. The van der Waals surface area contributed by atoms with Crippen LogP contribution in [0.25, 0.3) is 0 Å². The van der Waals surface area contributed by atoms with E-state index in [1.165, 1.54) is 25.0 Å². The van der Waals surface area contributed by atoms with Crippen LogP contribution in [-0.4, -0.2) is 88.4 Å². The Morgan fingerprint density at radius 2 is 1.44 bits per heavy atom. The van der Waals surface area contributed by atoms with Gasteiger partial charge in [0, 0.05) is 37.8 Å². The highest BCUT2D eigenvalue weighted by molar-refractivity contribution is 6.30. The summed E-state index contributed by atoms with van der Waals surface area (Å²) in [4.78, 5) is 44.0. The predicted octanol–water partition coefficient (Wildman–Crippen LogP) is 3.15. The topological polar surface area (TPSA) is 142 Å². The molecule has 1 atom stereocenters. The number of hydrogen-bond acceptors (Lipinski definition) is 10. The molecule has 0 spiro atoms. The molecule has 2 aromatic rings. The quantitative estimate of drug-likeness (QED) is 0.353. The first-order valence-electron chi connectivity index (χ1n) is 16.0. The van der Waals surface area contributed by atoms with Gasteiger partial charge in [-0.15, -0.1) is 0 Å². The molecule has 2 amide bonds. The van der Waals surface area contributed by atoms with Crippen LogP contribution < -0.4 is 29.9 Å². The predicted molar refractivity (Wildman–Crippen MR) is 165 cm³/mol. The minimum atomic E-state index is -0.857. The fourth-order valence-corrected chi connectivity index (χ4v) is 7.14. The number of hydrogen-bond donors (Lipinski definition) is 3. The number of carbonyl (C=O) groups is 2. The number of amides is 2. The van der Waals surface area contributed by atoms with E-state index in [2.05, 4.69) is 30.4 Å². The average molecular weight is 646 g/mol. The van der Waals surface area contributed by atoms with Crippen molar-refractivity contribution in [1.82, 2.24) is 25.6 Å². The first-order valence-corrected chi connectivity index (χ1v) is 16.4. The summed E-state index contributed by atoms with van der Waals surface area (Å²) < 4.78 is 25.0. The average Bonchev–Trinajstić information content (AvgIpc) is 3.06. The van der Waals surface area contributed by atoms with Crippen LogP contribution in [0.2, 0.25) is 5.02 Å². The zero-order valence-electron chi connectivity index (χ0n) is 25.4. The van der Waals surface area contributed by atoms with Crippen molar-refractivity contribution in [3.63, 3.8) is 0 Å². The van der Waals surface area contributed by atoms with Crippen LogP contribution in [0.1, 0.15) is 70.6 Å². The van der Waals surface area contributed by atoms with Gasteiger partial charge in [-0.25, -0.2) is 4.39 Å². The Morgan fingerprint density at radius 1 is 0.867 bits per heavy atom. The number of anilines is 2. The highest BCUT2D eigenvalue weighted by Crippen LogP contribution is 2.47. The molecule has 0 unspecified atom stereocenters. The number of ether oxygens (including phenoxy) is 2. The lowest BCUT2D eigenvalue weighted by Gasteiger charge is -2.56. The van der Waals surface area contributed by atoms with Gasteiger partial charge in [-0.2, -0.15) is 15.0 Å². The molecule has 3 aliphatic carbocycles. The lowest BCUT2D eigenvalue weighted by atomic mass is 9.60. The van der Waals surface area contributed by atoms with Crippen LogP contribution in [0.4, 0.5) is 16.3 Å². The molecule has 3 saturated carbocycles. The summed E-state index contributed by atoms with van der Waals surface area (Å²) in [6.45, 7) is 2.92. The van der Waals surface area contributed by atoms with Gasteiger partial charge in [-0.3, -0.25) is 9.59 Å². The van der Waals surface area contributed by atoms with Crippen molar-refractivity contribution in [3.8, 4) is 11.8 Å². The Balaban J connectivity index is 1.03. The van der Waals surface area contributed by atoms with E-state index in [1.54, 1.807) is 0 Å². The Morgan fingerprint density at radius 3 is 2.02 bits per heavy atom. The Bertz CT molecular complexity index is 1340. The van der Waals surface area contributed by atoms with E-state index in [1.807, 2.05) is 0 Å². The number of fused-ring (bicyclic) bond motifs is 3. The largest absolute Gasteiger partial charge is 0.484 e. The third-order valence-electron chi connectivity index (χ3n) is 9.58. The molecule has 2 bridgehead atoms. The molecule has 2 aliphatic heterocycles. The summed E-state index contributed by atoms with van der Waals surface area (Å²) in [6, 6.07) is 4.10. The molecule has 2 saturated heterocycles. The molecule has 3 N–H and O–H groups in total. The van der Waals surface area contributed by atoms with E-state index in [0.717, 1.165) is 57.9 Å². The van der Waals surface area contributed by atoms with Crippen LogP contribution in [-0.2, 0) is 9.59 Å². The van der Waals surface area contributed by atoms with E-state index in [-0.39, 0.29) is 41.8 Å². The Kier molecular flexibility index (Phi) is 9.46. The second-order valence-electron chi connectivity index (χ2n) is 12.7. The maximum absolute atomic E-state index is 13.7. The minimum absolute atomic E-state index is 0.0269. The third kappa shape index (κ3) is 7.35. The zero-order chi connectivity index (χ0) is 31.4. The van der Waals surface area contributed by atoms with Gasteiger partial charge < -0.3 is 35.0 Å². The monoisotopic (exact) mass is 645 g/mol. The van der Waals surface area contributed by atoms with Gasteiger partial charge in [-0.1, -0.05) is 11.6 Å². The number of rotatable bonds is 10. The van der Waals surface area contributed by atoms with Gasteiger partial charge in [0.15, 0.2) is 13.2 Å². The number of nitrogens with one attached hydrogen (secondary N) is 2. The standard InChI is InChI=1S/C31H41ClFN7O5/c32-22-8-7-21(17-23(22)33)44-19-25(42)37-30-9-11-31(12-10-30,24(41)18-30)38-26(43)20-45-29-35-27(39-13-3-1-4-14-39)34-28(36-29)40-15-5-2-6-16-40/h7-8,17,24,41H,1-6,9-16,18-20H2,(H,37,42)(H,38,43)/t24-,30?,31?/m1/s1. The van der Waals surface area contributed by atoms with Crippen molar-refractivity contribution in [2.75, 3.05) is 49.2 Å². The van der Waals surface area contributed by atoms with E-state index in [0.29, 0.717) is 44.0 Å². The lowest BCUT2D eigenvalue weighted by Crippen LogP contribution is -2.70. The molecule has 0 radical (unpaired) electrons. The van der Waals surface area contributed by atoms with Gasteiger partial charge in [0.2, 0.25) is 11.9 Å².